The van der Waals surface area contributed by atoms with Crippen LogP contribution in [0, 0.1) is 5.92 Å². The number of hydrogen-bond donors (Lipinski definition) is 2. The highest BCUT2D eigenvalue weighted by Gasteiger charge is 2.55. The standard InChI is InChI=1S/C21H28N4O3.ClH/c1-14(25-19(27)21(23-20(25)28)9-5-6-10-21)18(26)24-12-16(11-22)17(13-24)15-7-3-2-4-8-15;/h2-4,7-8,14,16-17H,5-6,9-13,22H2,1H3,(H,23,28);1H/t14?,16-,17+;/m1./s1. The lowest BCUT2D eigenvalue weighted by atomic mass is 9.89. The van der Waals surface area contributed by atoms with Crippen LogP contribution in [-0.4, -0.2) is 58.9 Å². The summed E-state index contributed by atoms with van der Waals surface area (Å²) in [6.07, 6.45) is 3.16. The van der Waals surface area contributed by atoms with Gasteiger partial charge in [-0.3, -0.25) is 9.59 Å². The molecule has 4 rings (SSSR count). The van der Waals surface area contributed by atoms with Gasteiger partial charge in [-0.1, -0.05) is 43.2 Å². The van der Waals surface area contributed by atoms with Gasteiger partial charge in [-0.05, 0) is 37.8 Å². The monoisotopic (exact) mass is 420 g/mol. The fourth-order valence-electron chi connectivity index (χ4n) is 5.05. The maximum atomic E-state index is 13.2. The SMILES string of the molecule is CC(C(=O)N1C[C@@H](CN)[C@H](c2ccccc2)C1)N1C(=O)NC2(CCCC2)C1=O.Cl. The zero-order valence-corrected chi connectivity index (χ0v) is 17.5. The largest absolute Gasteiger partial charge is 0.340 e. The molecule has 8 heteroatoms. The average molecular weight is 421 g/mol. The number of nitrogens with one attached hydrogen (secondary N) is 1. The summed E-state index contributed by atoms with van der Waals surface area (Å²) in [6.45, 7) is 3.25. The Labute approximate surface area is 177 Å². The minimum Gasteiger partial charge on any atom is -0.340 e. The number of urea groups is 1. The van der Waals surface area contributed by atoms with Crippen molar-refractivity contribution in [1.29, 1.82) is 0 Å². The number of imide groups is 1. The maximum absolute atomic E-state index is 13.2. The van der Waals surface area contributed by atoms with E-state index in [0.29, 0.717) is 32.5 Å². The number of carbonyl (C=O) groups is 3. The molecule has 1 aromatic carbocycles. The molecular weight excluding hydrogens is 392 g/mol. The van der Waals surface area contributed by atoms with E-state index in [1.54, 1.807) is 11.8 Å². The number of rotatable bonds is 4. The van der Waals surface area contributed by atoms with E-state index in [9.17, 15) is 14.4 Å². The first kappa shape index (κ1) is 21.6. The van der Waals surface area contributed by atoms with Gasteiger partial charge in [0.1, 0.15) is 11.6 Å². The van der Waals surface area contributed by atoms with Crippen LogP contribution in [0.2, 0.25) is 0 Å². The highest BCUT2D eigenvalue weighted by Crippen LogP contribution is 2.37. The summed E-state index contributed by atoms with van der Waals surface area (Å²) in [4.78, 5) is 41.6. The van der Waals surface area contributed by atoms with Crippen molar-refractivity contribution in [1.82, 2.24) is 15.1 Å². The molecule has 158 valence electrons. The minimum absolute atomic E-state index is 0. The molecule has 7 nitrogen and oxygen atoms in total. The molecule has 1 aromatic rings. The molecular formula is C21H29ClN4O3. The summed E-state index contributed by atoms with van der Waals surface area (Å²) < 4.78 is 0. The molecule has 3 atom stereocenters. The molecule has 4 amide bonds. The molecule has 3 N–H and O–H groups in total. The van der Waals surface area contributed by atoms with E-state index in [1.165, 1.54) is 5.56 Å². The van der Waals surface area contributed by atoms with Crippen molar-refractivity contribution in [2.45, 2.75) is 50.1 Å². The quantitative estimate of drug-likeness (QED) is 0.727. The summed E-state index contributed by atoms with van der Waals surface area (Å²) in [5, 5.41) is 2.86. The Bertz CT molecular complexity index is 781. The summed E-state index contributed by atoms with van der Waals surface area (Å²) in [7, 11) is 0. The van der Waals surface area contributed by atoms with E-state index in [4.69, 9.17) is 5.73 Å². The zero-order valence-electron chi connectivity index (χ0n) is 16.7. The first-order valence-electron chi connectivity index (χ1n) is 10.2. The van der Waals surface area contributed by atoms with Crippen LogP contribution in [0.5, 0.6) is 0 Å². The Morgan fingerprint density at radius 3 is 2.48 bits per heavy atom. The van der Waals surface area contributed by atoms with Crippen molar-refractivity contribution in [3.63, 3.8) is 0 Å². The average Bonchev–Trinajstić information content (AvgIpc) is 3.40. The van der Waals surface area contributed by atoms with Gasteiger partial charge in [-0.25, -0.2) is 9.69 Å². The second-order valence-corrected chi connectivity index (χ2v) is 8.33. The van der Waals surface area contributed by atoms with Gasteiger partial charge in [0, 0.05) is 19.0 Å². The second kappa shape index (κ2) is 8.32. The number of carbonyl (C=O) groups excluding carboxylic acids is 3. The summed E-state index contributed by atoms with van der Waals surface area (Å²) >= 11 is 0. The second-order valence-electron chi connectivity index (χ2n) is 8.33. The molecule has 2 saturated heterocycles. The third kappa shape index (κ3) is 3.62. The molecule has 3 aliphatic rings. The highest BCUT2D eigenvalue weighted by atomic mass is 35.5. The van der Waals surface area contributed by atoms with Crippen LogP contribution in [0.4, 0.5) is 4.79 Å². The fraction of sp³-hybridized carbons (Fsp3) is 0.571. The van der Waals surface area contributed by atoms with Crippen LogP contribution in [0.25, 0.3) is 0 Å². The van der Waals surface area contributed by atoms with Gasteiger partial charge in [0.15, 0.2) is 0 Å². The Morgan fingerprint density at radius 1 is 1.21 bits per heavy atom. The van der Waals surface area contributed by atoms with Gasteiger partial charge in [0.05, 0.1) is 0 Å². The number of nitrogens with two attached hydrogens (primary N) is 1. The van der Waals surface area contributed by atoms with Crippen molar-refractivity contribution >= 4 is 30.3 Å². The molecule has 29 heavy (non-hydrogen) atoms. The fourth-order valence-corrected chi connectivity index (χ4v) is 5.05. The Morgan fingerprint density at radius 2 is 1.86 bits per heavy atom. The third-order valence-corrected chi connectivity index (χ3v) is 6.68. The van der Waals surface area contributed by atoms with E-state index < -0.39 is 17.6 Å². The molecule has 1 spiro atoms. The molecule has 0 radical (unpaired) electrons. The lowest BCUT2D eigenvalue weighted by Crippen LogP contribution is -2.50. The van der Waals surface area contributed by atoms with E-state index in [1.807, 2.05) is 18.2 Å². The number of halogens is 1. The number of hydrogen-bond acceptors (Lipinski definition) is 4. The number of benzene rings is 1. The lowest BCUT2D eigenvalue weighted by molar-refractivity contribution is -0.142. The van der Waals surface area contributed by atoms with Gasteiger partial charge >= 0.3 is 6.03 Å². The van der Waals surface area contributed by atoms with Gasteiger partial charge in [0.25, 0.3) is 5.91 Å². The topological polar surface area (TPSA) is 95.7 Å². The number of nitrogens with zero attached hydrogens (tertiary/aromatic N) is 2. The molecule has 1 unspecified atom stereocenters. The molecule has 3 fully saturated rings. The van der Waals surface area contributed by atoms with Gasteiger partial charge in [0.2, 0.25) is 5.91 Å². The molecule has 0 aromatic heterocycles. The van der Waals surface area contributed by atoms with Crippen LogP contribution >= 0.6 is 12.4 Å². The maximum Gasteiger partial charge on any atom is 0.325 e. The van der Waals surface area contributed by atoms with Crippen LogP contribution in [0.1, 0.15) is 44.1 Å². The zero-order chi connectivity index (χ0) is 19.9. The molecule has 2 aliphatic heterocycles. The first-order valence-corrected chi connectivity index (χ1v) is 10.2. The summed E-state index contributed by atoms with van der Waals surface area (Å²) in [5.74, 6) is -0.0880. The van der Waals surface area contributed by atoms with Crippen LogP contribution in [0.3, 0.4) is 0 Å². The van der Waals surface area contributed by atoms with Crippen LogP contribution in [0.15, 0.2) is 30.3 Å². The van der Waals surface area contributed by atoms with Crippen LogP contribution < -0.4 is 11.1 Å². The molecule has 0 bridgehead atoms. The van der Waals surface area contributed by atoms with Gasteiger partial charge in [-0.15, -0.1) is 12.4 Å². The number of likely N-dealkylation sites (tertiary alicyclic amines) is 1. The Hall–Kier alpha value is -2.12. The normalized spacial score (nSPS) is 26.6. The third-order valence-electron chi connectivity index (χ3n) is 6.68. The molecule has 2 heterocycles. The number of amides is 4. The molecule has 1 aliphatic carbocycles. The van der Waals surface area contributed by atoms with Crippen LogP contribution in [-0.2, 0) is 9.59 Å². The predicted molar refractivity (Wildman–Crippen MR) is 112 cm³/mol. The Kier molecular flexibility index (Phi) is 6.19. The van der Waals surface area contributed by atoms with Crippen molar-refractivity contribution < 1.29 is 14.4 Å². The van der Waals surface area contributed by atoms with Gasteiger partial charge in [-0.2, -0.15) is 0 Å². The lowest BCUT2D eigenvalue weighted by Gasteiger charge is -2.27. The highest BCUT2D eigenvalue weighted by molar-refractivity contribution is 6.10. The van der Waals surface area contributed by atoms with E-state index in [-0.39, 0.29) is 36.1 Å². The summed E-state index contributed by atoms with van der Waals surface area (Å²) in [5.41, 5.74) is 6.36. The van der Waals surface area contributed by atoms with Crippen molar-refractivity contribution in [2.75, 3.05) is 19.6 Å². The molecule has 1 saturated carbocycles. The smallest absolute Gasteiger partial charge is 0.325 e. The van der Waals surface area contributed by atoms with Crippen molar-refractivity contribution in [2.24, 2.45) is 11.7 Å². The first-order chi connectivity index (χ1) is 13.5. The van der Waals surface area contributed by atoms with Crippen molar-refractivity contribution in [3.05, 3.63) is 35.9 Å². The predicted octanol–water partition coefficient (Wildman–Crippen LogP) is 1.86. The minimum atomic E-state index is -0.805. The van der Waals surface area contributed by atoms with Crippen molar-refractivity contribution in [3.8, 4) is 0 Å². The van der Waals surface area contributed by atoms with E-state index >= 15 is 0 Å². The van der Waals surface area contributed by atoms with Gasteiger partial charge < -0.3 is 16.0 Å². The van der Waals surface area contributed by atoms with E-state index in [2.05, 4.69) is 17.4 Å². The Balaban J connectivity index is 0.00000240. The van der Waals surface area contributed by atoms with E-state index in [0.717, 1.165) is 17.7 Å². The summed E-state index contributed by atoms with van der Waals surface area (Å²) in [6, 6.07) is 8.83.